The van der Waals surface area contributed by atoms with E-state index in [0.717, 1.165) is 37.3 Å². The maximum atomic E-state index is 13.5. The van der Waals surface area contributed by atoms with Crippen LogP contribution < -0.4 is 15.0 Å². The number of fused-ring (bicyclic) bond motifs is 2. The molecule has 5 rings (SSSR count). The van der Waals surface area contributed by atoms with E-state index in [1.54, 1.807) is 12.3 Å². The summed E-state index contributed by atoms with van der Waals surface area (Å²) >= 11 is 0. The lowest BCUT2D eigenvalue weighted by molar-refractivity contribution is -0.118. The monoisotopic (exact) mass is 426 g/mol. The zero-order valence-electron chi connectivity index (χ0n) is 16.5. The van der Waals surface area contributed by atoms with E-state index in [1.165, 1.54) is 16.1 Å². The third-order valence-corrected chi connectivity index (χ3v) is 7.31. The van der Waals surface area contributed by atoms with E-state index in [2.05, 4.69) is 22.2 Å². The van der Waals surface area contributed by atoms with E-state index in [4.69, 9.17) is 4.74 Å². The number of piperazine rings is 1. The number of likely N-dealkylation sites (N-methyl/N-ethyl adjacent to an activating group) is 1. The Kier molecular flexibility index (Phi) is 4.44. The Hall–Kier alpha value is -3.04. The number of carbonyl (C=O) groups is 1. The highest BCUT2D eigenvalue weighted by molar-refractivity contribution is 7.90. The molecule has 2 aromatic carbocycles. The van der Waals surface area contributed by atoms with Gasteiger partial charge in [0.25, 0.3) is 15.9 Å². The lowest BCUT2D eigenvalue weighted by atomic mass is 10.2. The summed E-state index contributed by atoms with van der Waals surface area (Å²) in [6.07, 6.45) is 1.72. The minimum absolute atomic E-state index is 0.114. The number of nitrogens with zero attached hydrogens (tertiary/aromatic N) is 3. The van der Waals surface area contributed by atoms with Crippen molar-refractivity contribution >= 4 is 38.2 Å². The first kappa shape index (κ1) is 19.0. The molecule has 1 amide bonds. The summed E-state index contributed by atoms with van der Waals surface area (Å²) in [6, 6.07) is 12.1. The molecule has 30 heavy (non-hydrogen) atoms. The molecule has 0 aliphatic carbocycles. The van der Waals surface area contributed by atoms with Gasteiger partial charge in [-0.15, -0.1) is 0 Å². The first-order chi connectivity index (χ1) is 14.4. The third-order valence-electron chi connectivity index (χ3n) is 5.64. The van der Waals surface area contributed by atoms with Gasteiger partial charge < -0.3 is 19.9 Å². The van der Waals surface area contributed by atoms with Gasteiger partial charge in [0.2, 0.25) is 0 Å². The molecule has 3 aromatic rings. The number of anilines is 2. The van der Waals surface area contributed by atoms with Gasteiger partial charge in [-0.3, -0.25) is 4.79 Å². The van der Waals surface area contributed by atoms with E-state index in [-0.39, 0.29) is 17.4 Å². The molecule has 9 heteroatoms. The minimum atomic E-state index is -3.85. The molecular formula is C21H22N4O4S. The van der Waals surface area contributed by atoms with Crippen molar-refractivity contribution in [3.63, 3.8) is 0 Å². The number of ether oxygens (including phenoxy) is 1. The van der Waals surface area contributed by atoms with Gasteiger partial charge in [0.15, 0.2) is 6.61 Å². The number of carbonyl (C=O) groups excluding carboxylic acids is 1. The molecule has 2 aliphatic rings. The largest absolute Gasteiger partial charge is 0.482 e. The summed E-state index contributed by atoms with van der Waals surface area (Å²) in [5.74, 6) is 0.0951. The van der Waals surface area contributed by atoms with Crippen molar-refractivity contribution in [1.29, 1.82) is 0 Å². The topological polar surface area (TPSA) is 83.9 Å². The number of benzene rings is 2. The normalized spacial score (nSPS) is 17.5. The maximum absolute atomic E-state index is 13.5. The second-order valence-corrected chi connectivity index (χ2v) is 9.43. The third kappa shape index (κ3) is 3.10. The summed E-state index contributed by atoms with van der Waals surface area (Å²) in [4.78, 5) is 16.1. The molecule has 0 spiro atoms. The lowest BCUT2D eigenvalue weighted by Gasteiger charge is -2.33. The van der Waals surface area contributed by atoms with Crippen molar-refractivity contribution < 1.29 is 17.9 Å². The van der Waals surface area contributed by atoms with Crippen molar-refractivity contribution in [1.82, 2.24) is 8.87 Å². The molecule has 1 fully saturated rings. The minimum Gasteiger partial charge on any atom is -0.482 e. The van der Waals surface area contributed by atoms with Crippen molar-refractivity contribution in [3.05, 3.63) is 48.7 Å². The number of rotatable bonds is 3. The van der Waals surface area contributed by atoms with Crippen LogP contribution in [0.25, 0.3) is 10.9 Å². The molecule has 1 aromatic heterocycles. The molecule has 2 aliphatic heterocycles. The van der Waals surface area contributed by atoms with Crippen LogP contribution in [0.2, 0.25) is 0 Å². The standard InChI is InChI=1S/C21H22N4O4S/c1-23-8-10-24(11-9-23)19-13-25(18-5-3-2-4-16(18)19)30(27,28)15-6-7-17-20(12-15)29-14-21(26)22-17/h2-7,12-13H,8-11,14H2,1H3,(H,22,26). The summed E-state index contributed by atoms with van der Waals surface area (Å²) < 4.78 is 33.8. The lowest BCUT2D eigenvalue weighted by Crippen LogP contribution is -2.44. The molecule has 0 bridgehead atoms. The second-order valence-electron chi connectivity index (χ2n) is 7.62. The van der Waals surface area contributed by atoms with Crippen LogP contribution in [0.3, 0.4) is 0 Å². The van der Waals surface area contributed by atoms with Crippen LogP contribution in [0.1, 0.15) is 0 Å². The molecular weight excluding hydrogens is 404 g/mol. The first-order valence-corrected chi connectivity index (χ1v) is 11.2. The molecule has 156 valence electrons. The number of hydrogen-bond donors (Lipinski definition) is 1. The molecule has 0 atom stereocenters. The predicted molar refractivity (Wildman–Crippen MR) is 115 cm³/mol. The van der Waals surface area contributed by atoms with E-state index in [9.17, 15) is 13.2 Å². The Bertz CT molecular complexity index is 1240. The van der Waals surface area contributed by atoms with E-state index in [0.29, 0.717) is 17.0 Å². The number of para-hydroxylation sites is 1. The SMILES string of the molecule is CN1CCN(c2cn(S(=O)(=O)c3ccc4c(c3)OCC(=O)N4)c3ccccc23)CC1. The van der Waals surface area contributed by atoms with Gasteiger partial charge in [0.05, 0.1) is 21.8 Å². The predicted octanol–water partition coefficient (Wildman–Crippen LogP) is 1.96. The van der Waals surface area contributed by atoms with Crippen LogP contribution in [-0.2, 0) is 14.8 Å². The van der Waals surface area contributed by atoms with Crippen LogP contribution in [0, 0.1) is 0 Å². The number of hydrogen-bond acceptors (Lipinski definition) is 6. The van der Waals surface area contributed by atoms with Crippen LogP contribution in [-0.4, -0.2) is 63.0 Å². The molecule has 0 radical (unpaired) electrons. The molecule has 1 saturated heterocycles. The fourth-order valence-electron chi connectivity index (χ4n) is 3.96. The highest BCUT2D eigenvalue weighted by atomic mass is 32.2. The molecule has 3 heterocycles. The van der Waals surface area contributed by atoms with Gasteiger partial charge in [-0.2, -0.15) is 0 Å². The fourth-order valence-corrected chi connectivity index (χ4v) is 5.34. The summed E-state index contributed by atoms with van der Waals surface area (Å²) in [7, 11) is -1.77. The van der Waals surface area contributed by atoms with Gasteiger partial charge >= 0.3 is 0 Å². The molecule has 0 saturated carbocycles. The fraction of sp³-hybridized carbons (Fsp3) is 0.286. The van der Waals surface area contributed by atoms with E-state index < -0.39 is 10.0 Å². The van der Waals surface area contributed by atoms with Gasteiger partial charge in [-0.25, -0.2) is 12.4 Å². The number of nitrogens with one attached hydrogen (secondary N) is 1. The van der Waals surface area contributed by atoms with Gasteiger partial charge in [-0.05, 0) is 25.2 Å². The smallest absolute Gasteiger partial charge is 0.268 e. The van der Waals surface area contributed by atoms with E-state index in [1.807, 2.05) is 24.3 Å². The van der Waals surface area contributed by atoms with Crippen LogP contribution in [0.5, 0.6) is 5.75 Å². The summed E-state index contributed by atoms with van der Waals surface area (Å²) in [5.41, 5.74) is 2.03. The quantitative estimate of drug-likeness (QED) is 0.689. The van der Waals surface area contributed by atoms with Crippen LogP contribution in [0.15, 0.2) is 53.6 Å². The average molecular weight is 426 g/mol. The Balaban J connectivity index is 1.60. The van der Waals surface area contributed by atoms with Crippen molar-refractivity contribution in [2.24, 2.45) is 0 Å². The van der Waals surface area contributed by atoms with Gasteiger partial charge in [-0.1, -0.05) is 18.2 Å². The number of aromatic nitrogens is 1. The Labute approximate surface area is 174 Å². The first-order valence-electron chi connectivity index (χ1n) is 9.79. The van der Waals surface area contributed by atoms with Gasteiger partial charge in [0, 0.05) is 43.8 Å². The highest BCUT2D eigenvalue weighted by Crippen LogP contribution is 2.35. The van der Waals surface area contributed by atoms with Crippen LogP contribution in [0.4, 0.5) is 11.4 Å². The van der Waals surface area contributed by atoms with Crippen molar-refractivity contribution in [3.8, 4) is 5.75 Å². The molecule has 0 unspecified atom stereocenters. The number of amides is 1. The Morgan fingerprint density at radius 1 is 1.03 bits per heavy atom. The van der Waals surface area contributed by atoms with Crippen molar-refractivity contribution in [2.45, 2.75) is 4.90 Å². The van der Waals surface area contributed by atoms with Crippen LogP contribution >= 0.6 is 0 Å². The van der Waals surface area contributed by atoms with E-state index >= 15 is 0 Å². The highest BCUT2D eigenvalue weighted by Gasteiger charge is 2.26. The summed E-state index contributed by atoms with van der Waals surface area (Å²) in [6.45, 7) is 3.42. The molecule has 8 nitrogen and oxygen atoms in total. The Morgan fingerprint density at radius 3 is 2.60 bits per heavy atom. The zero-order valence-corrected chi connectivity index (χ0v) is 17.4. The average Bonchev–Trinajstić information content (AvgIpc) is 3.14. The Morgan fingerprint density at radius 2 is 1.80 bits per heavy atom. The van der Waals surface area contributed by atoms with Gasteiger partial charge in [0.1, 0.15) is 5.75 Å². The molecule has 1 N–H and O–H groups in total. The second kappa shape index (κ2) is 7.03. The zero-order chi connectivity index (χ0) is 20.9. The van der Waals surface area contributed by atoms with Crippen molar-refractivity contribution in [2.75, 3.05) is 50.1 Å². The summed E-state index contributed by atoms with van der Waals surface area (Å²) in [5, 5.41) is 3.59. The maximum Gasteiger partial charge on any atom is 0.268 e.